The zero-order valence-electron chi connectivity index (χ0n) is 9.32. The number of aryl methyl sites for hydroxylation is 1. The van der Waals surface area contributed by atoms with Crippen molar-refractivity contribution in [3.8, 4) is 0 Å². The van der Waals surface area contributed by atoms with Crippen molar-refractivity contribution in [3.05, 3.63) is 70.8 Å². The molecule has 0 aliphatic rings. The van der Waals surface area contributed by atoms with E-state index >= 15 is 0 Å². The lowest BCUT2D eigenvalue weighted by Crippen LogP contribution is -2.01. The Labute approximate surface area is 98.3 Å². The zero-order valence-corrected chi connectivity index (χ0v) is 9.32. The van der Waals surface area contributed by atoms with Crippen LogP contribution in [-0.4, -0.2) is 5.11 Å². The first-order valence-electron chi connectivity index (χ1n) is 5.27. The maximum Gasteiger partial charge on any atom is 0.126 e. The third-order valence-corrected chi connectivity index (χ3v) is 2.56. The Kier molecular flexibility index (Phi) is 3.20. The fourth-order valence-corrected chi connectivity index (χ4v) is 1.77. The molecule has 0 spiro atoms. The molecule has 1 nitrogen and oxygen atoms in total. The van der Waals surface area contributed by atoms with Crippen LogP contribution in [0.15, 0.2) is 42.5 Å². The molecule has 1 atom stereocenters. The van der Waals surface area contributed by atoms with Gasteiger partial charge in [-0.2, -0.15) is 0 Å². The van der Waals surface area contributed by atoms with Crippen LogP contribution < -0.4 is 0 Å². The summed E-state index contributed by atoms with van der Waals surface area (Å²) in [5, 5.41) is 10.0. The van der Waals surface area contributed by atoms with Gasteiger partial charge >= 0.3 is 0 Å². The molecular formula is C14H12F2O. The highest BCUT2D eigenvalue weighted by Crippen LogP contribution is 2.23. The predicted molar refractivity (Wildman–Crippen MR) is 61.6 cm³/mol. The van der Waals surface area contributed by atoms with E-state index in [1.165, 1.54) is 0 Å². The summed E-state index contributed by atoms with van der Waals surface area (Å²) in [7, 11) is 0. The first kappa shape index (κ1) is 11.7. The number of halogens is 2. The summed E-state index contributed by atoms with van der Waals surface area (Å²) < 4.78 is 26.1. The Hall–Kier alpha value is -1.74. The summed E-state index contributed by atoms with van der Waals surface area (Å²) in [6, 6.07) is 10.2. The lowest BCUT2D eigenvalue weighted by molar-refractivity contribution is 0.219. The Morgan fingerprint density at radius 1 is 0.941 bits per heavy atom. The van der Waals surface area contributed by atoms with Crippen LogP contribution in [0.1, 0.15) is 22.8 Å². The molecule has 0 fully saturated rings. The maximum absolute atomic E-state index is 13.0. The molecule has 17 heavy (non-hydrogen) atoms. The standard InChI is InChI=1S/C14H12F2O/c1-9-3-2-4-10(5-9)14(17)11-6-12(15)8-13(16)7-11/h2-8,14,17H,1H3/t14-/m0/s1. The van der Waals surface area contributed by atoms with Gasteiger partial charge in [0.1, 0.15) is 17.7 Å². The Morgan fingerprint density at radius 3 is 2.18 bits per heavy atom. The van der Waals surface area contributed by atoms with Gasteiger partial charge in [-0.1, -0.05) is 29.8 Å². The van der Waals surface area contributed by atoms with Crippen LogP contribution >= 0.6 is 0 Å². The SMILES string of the molecule is Cc1cccc([C@H](O)c2cc(F)cc(F)c2)c1. The summed E-state index contributed by atoms with van der Waals surface area (Å²) in [5.41, 5.74) is 1.82. The van der Waals surface area contributed by atoms with Crippen molar-refractivity contribution >= 4 is 0 Å². The molecule has 1 N–H and O–H groups in total. The third-order valence-electron chi connectivity index (χ3n) is 2.56. The van der Waals surface area contributed by atoms with Gasteiger partial charge in [0.15, 0.2) is 0 Å². The van der Waals surface area contributed by atoms with Gasteiger partial charge in [0.25, 0.3) is 0 Å². The van der Waals surface area contributed by atoms with Gasteiger partial charge in [-0.25, -0.2) is 8.78 Å². The molecule has 0 saturated carbocycles. The smallest absolute Gasteiger partial charge is 0.126 e. The van der Waals surface area contributed by atoms with Crippen molar-refractivity contribution < 1.29 is 13.9 Å². The molecule has 88 valence electrons. The molecule has 0 amide bonds. The van der Waals surface area contributed by atoms with E-state index in [1.54, 1.807) is 18.2 Å². The fourth-order valence-electron chi connectivity index (χ4n) is 1.77. The van der Waals surface area contributed by atoms with Crippen LogP contribution in [0.2, 0.25) is 0 Å². The van der Waals surface area contributed by atoms with E-state index in [9.17, 15) is 13.9 Å². The van der Waals surface area contributed by atoms with Crippen molar-refractivity contribution in [1.29, 1.82) is 0 Å². The van der Waals surface area contributed by atoms with Crippen molar-refractivity contribution in [2.24, 2.45) is 0 Å². The largest absolute Gasteiger partial charge is 0.384 e. The highest BCUT2D eigenvalue weighted by atomic mass is 19.1. The lowest BCUT2D eigenvalue weighted by atomic mass is 10.00. The van der Waals surface area contributed by atoms with E-state index in [-0.39, 0.29) is 5.56 Å². The van der Waals surface area contributed by atoms with Crippen molar-refractivity contribution in [3.63, 3.8) is 0 Å². The molecule has 0 bridgehead atoms. The Balaban J connectivity index is 2.39. The van der Waals surface area contributed by atoms with Crippen LogP contribution in [-0.2, 0) is 0 Å². The number of hydrogen-bond donors (Lipinski definition) is 1. The first-order valence-corrected chi connectivity index (χ1v) is 5.27. The van der Waals surface area contributed by atoms with Crippen LogP contribution in [0, 0.1) is 18.6 Å². The van der Waals surface area contributed by atoms with Gasteiger partial charge in [-0.15, -0.1) is 0 Å². The van der Waals surface area contributed by atoms with Gasteiger partial charge in [-0.05, 0) is 30.2 Å². The fraction of sp³-hybridized carbons (Fsp3) is 0.143. The van der Waals surface area contributed by atoms with E-state index in [0.29, 0.717) is 5.56 Å². The average Bonchev–Trinajstić information content (AvgIpc) is 2.26. The summed E-state index contributed by atoms with van der Waals surface area (Å²) in [5.74, 6) is -1.38. The molecule has 2 aromatic rings. The van der Waals surface area contributed by atoms with Crippen LogP contribution in [0.4, 0.5) is 8.78 Å². The molecule has 0 aliphatic heterocycles. The Morgan fingerprint density at radius 2 is 1.59 bits per heavy atom. The molecule has 0 unspecified atom stereocenters. The topological polar surface area (TPSA) is 20.2 Å². The number of rotatable bonds is 2. The number of aliphatic hydroxyl groups is 1. The van der Waals surface area contributed by atoms with E-state index < -0.39 is 17.7 Å². The average molecular weight is 234 g/mol. The molecule has 0 heterocycles. The third kappa shape index (κ3) is 2.68. The molecule has 0 aromatic heterocycles. The van der Waals surface area contributed by atoms with E-state index in [2.05, 4.69) is 0 Å². The van der Waals surface area contributed by atoms with Gasteiger partial charge in [0.05, 0.1) is 0 Å². The van der Waals surface area contributed by atoms with Crippen LogP contribution in [0.25, 0.3) is 0 Å². The minimum absolute atomic E-state index is 0.216. The molecule has 0 saturated heterocycles. The molecule has 3 heteroatoms. The van der Waals surface area contributed by atoms with Gasteiger partial charge in [-0.3, -0.25) is 0 Å². The van der Waals surface area contributed by atoms with Crippen molar-refractivity contribution in [2.75, 3.05) is 0 Å². The predicted octanol–water partition coefficient (Wildman–Crippen LogP) is 3.35. The molecule has 0 radical (unpaired) electrons. The number of hydrogen-bond acceptors (Lipinski definition) is 1. The molecule has 2 rings (SSSR count). The second-order valence-electron chi connectivity index (χ2n) is 4.02. The van der Waals surface area contributed by atoms with E-state index in [0.717, 1.165) is 23.8 Å². The maximum atomic E-state index is 13.0. The summed E-state index contributed by atoms with van der Waals surface area (Å²) >= 11 is 0. The van der Waals surface area contributed by atoms with Gasteiger partial charge in [0, 0.05) is 6.07 Å². The highest BCUT2D eigenvalue weighted by molar-refractivity contribution is 5.32. The number of aliphatic hydroxyl groups excluding tert-OH is 1. The summed E-state index contributed by atoms with van der Waals surface area (Å²) in [6.45, 7) is 1.89. The second-order valence-corrected chi connectivity index (χ2v) is 4.02. The van der Waals surface area contributed by atoms with Gasteiger partial charge < -0.3 is 5.11 Å². The monoisotopic (exact) mass is 234 g/mol. The van der Waals surface area contributed by atoms with Crippen molar-refractivity contribution in [1.82, 2.24) is 0 Å². The van der Waals surface area contributed by atoms with E-state index in [4.69, 9.17) is 0 Å². The second kappa shape index (κ2) is 4.63. The normalized spacial score (nSPS) is 12.5. The summed E-state index contributed by atoms with van der Waals surface area (Å²) in [6.07, 6.45) is -1.01. The van der Waals surface area contributed by atoms with E-state index in [1.807, 2.05) is 13.0 Å². The number of benzene rings is 2. The molecule has 2 aromatic carbocycles. The molecular weight excluding hydrogens is 222 g/mol. The minimum atomic E-state index is -1.01. The summed E-state index contributed by atoms with van der Waals surface area (Å²) in [4.78, 5) is 0. The highest BCUT2D eigenvalue weighted by Gasteiger charge is 2.12. The van der Waals surface area contributed by atoms with Crippen LogP contribution in [0.5, 0.6) is 0 Å². The lowest BCUT2D eigenvalue weighted by Gasteiger charge is -2.12. The molecule has 0 aliphatic carbocycles. The Bertz CT molecular complexity index is 517. The minimum Gasteiger partial charge on any atom is -0.384 e. The zero-order chi connectivity index (χ0) is 12.4. The quantitative estimate of drug-likeness (QED) is 0.844. The van der Waals surface area contributed by atoms with Gasteiger partial charge in [0.2, 0.25) is 0 Å². The van der Waals surface area contributed by atoms with Crippen molar-refractivity contribution in [2.45, 2.75) is 13.0 Å². The van der Waals surface area contributed by atoms with Crippen LogP contribution in [0.3, 0.4) is 0 Å². The first-order chi connectivity index (χ1) is 8.06.